The molecule has 1 fully saturated rings. The monoisotopic (exact) mass is 314 g/mol. The van der Waals surface area contributed by atoms with Crippen molar-refractivity contribution in [3.8, 4) is 11.5 Å². The molecule has 0 aromatic heterocycles. The summed E-state index contributed by atoms with van der Waals surface area (Å²) in [5, 5.41) is 2.71. The van der Waals surface area contributed by atoms with E-state index in [1.54, 1.807) is 25.1 Å². The summed E-state index contributed by atoms with van der Waals surface area (Å²) in [7, 11) is -0.409. The van der Waals surface area contributed by atoms with Gasteiger partial charge in [0.15, 0.2) is 0 Å². The number of methoxy groups -OCH3 is 2. The highest BCUT2D eigenvalue weighted by atomic mass is 32.2. The fraction of sp³-hybridized carbons (Fsp3) is 0.571. The second-order valence-corrected chi connectivity index (χ2v) is 7.34. The van der Waals surface area contributed by atoms with Crippen LogP contribution in [0.25, 0.3) is 0 Å². The Morgan fingerprint density at radius 3 is 2.24 bits per heavy atom. The highest BCUT2D eigenvalue weighted by Gasteiger charge is 2.26. The van der Waals surface area contributed by atoms with Gasteiger partial charge in [0, 0.05) is 30.8 Å². The molecule has 6 nitrogen and oxygen atoms in total. The average Bonchev–Trinajstić information content (AvgIpc) is 3.27. The van der Waals surface area contributed by atoms with Gasteiger partial charge in [-0.2, -0.15) is 0 Å². The van der Waals surface area contributed by atoms with Gasteiger partial charge in [-0.15, -0.1) is 0 Å². The molecular formula is C14H22N2O4S. The molecule has 118 valence electrons. The van der Waals surface area contributed by atoms with E-state index in [9.17, 15) is 8.42 Å². The first-order valence-electron chi connectivity index (χ1n) is 6.92. The highest BCUT2D eigenvalue weighted by molar-refractivity contribution is 7.93. The molecule has 0 heterocycles. The van der Waals surface area contributed by atoms with Crippen LogP contribution in [0.2, 0.25) is 0 Å². The summed E-state index contributed by atoms with van der Waals surface area (Å²) in [4.78, 5) is 0. The molecule has 0 bridgehead atoms. The zero-order chi connectivity index (χ0) is 15.5. The number of ether oxygens (including phenoxy) is 2. The van der Waals surface area contributed by atoms with Crippen LogP contribution in [0.1, 0.15) is 19.8 Å². The number of hydrogen-bond donors (Lipinski definition) is 2. The molecule has 2 rings (SSSR count). The topological polar surface area (TPSA) is 76.7 Å². The quantitative estimate of drug-likeness (QED) is 0.762. The van der Waals surface area contributed by atoms with Crippen molar-refractivity contribution in [1.29, 1.82) is 0 Å². The van der Waals surface area contributed by atoms with Gasteiger partial charge in [-0.1, -0.05) is 0 Å². The van der Waals surface area contributed by atoms with Gasteiger partial charge >= 0.3 is 0 Å². The summed E-state index contributed by atoms with van der Waals surface area (Å²) in [5.41, 5.74) is 0.435. The van der Waals surface area contributed by atoms with E-state index < -0.39 is 15.3 Å². The van der Waals surface area contributed by atoms with Gasteiger partial charge in [0.05, 0.1) is 25.2 Å². The summed E-state index contributed by atoms with van der Waals surface area (Å²) >= 11 is 0. The Kier molecular flexibility index (Phi) is 4.95. The van der Waals surface area contributed by atoms with E-state index in [0.29, 0.717) is 29.8 Å². The van der Waals surface area contributed by atoms with Crippen molar-refractivity contribution in [3.05, 3.63) is 18.2 Å². The minimum absolute atomic E-state index is 0.435. The number of benzene rings is 1. The van der Waals surface area contributed by atoms with E-state index in [1.807, 2.05) is 0 Å². The smallest absolute Gasteiger partial charge is 0.236 e. The first-order valence-corrected chi connectivity index (χ1v) is 8.47. The molecule has 0 radical (unpaired) electrons. The minimum Gasteiger partial charge on any atom is -0.497 e. The molecule has 1 aliphatic carbocycles. The highest BCUT2D eigenvalue weighted by Crippen LogP contribution is 2.27. The third-order valence-corrected chi connectivity index (χ3v) is 5.16. The molecular weight excluding hydrogens is 292 g/mol. The van der Waals surface area contributed by atoms with Gasteiger partial charge in [0.25, 0.3) is 0 Å². The van der Waals surface area contributed by atoms with Gasteiger partial charge in [-0.05, 0) is 19.8 Å². The van der Waals surface area contributed by atoms with E-state index in [-0.39, 0.29) is 0 Å². The largest absolute Gasteiger partial charge is 0.497 e. The Balaban J connectivity index is 2.07. The Bertz CT molecular complexity index is 562. The number of sulfonamides is 1. The van der Waals surface area contributed by atoms with Crippen LogP contribution in [0.4, 0.5) is 5.69 Å². The number of nitrogens with one attached hydrogen (secondary N) is 2. The maximum Gasteiger partial charge on any atom is 0.236 e. The van der Waals surface area contributed by atoms with E-state index in [4.69, 9.17) is 9.47 Å². The number of rotatable bonds is 8. The van der Waals surface area contributed by atoms with E-state index in [1.165, 1.54) is 14.2 Å². The molecule has 21 heavy (non-hydrogen) atoms. The average molecular weight is 314 g/mol. The Hall–Kier alpha value is -1.47. The molecule has 1 atom stereocenters. The van der Waals surface area contributed by atoms with Crippen LogP contribution in [0.5, 0.6) is 11.5 Å². The van der Waals surface area contributed by atoms with Gasteiger partial charge < -0.3 is 14.8 Å². The van der Waals surface area contributed by atoms with Gasteiger partial charge in [0.2, 0.25) is 10.0 Å². The molecule has 2 N–H and O–H groups in total. The molecule has 0 spiro atoms. The summed E-state index contributed by atoms with van der Waals surface area (Å²) in [5.74, 6) is 1.08. The normalized spacial score (nSPS) is 16.3. The van der Waals surface area contributed by atoms with E-state index in [2.05, 4.69) is 10.0 Å². The molecule has 7 heteroatoms. The predicted molar refractivity (Wildman–Crippen MR) is 82.6 cm³/mol. The maximum absolute atomic E-state index is 12.3. The van der Waals surface area contributed by atoms with Crippen LogP contribution < -0.4 is 19.5 Å². The number of hydrogen-bond acceptors (Lipinski definition) is 5. The number of anilines is 1. The van der Waals surface area contributed by atoms with Crippen molar-refractivity contribution in [2.24, 2.45) is 0 Å². The van der Waals surface area contributed by atoms with E-state index in [0.717, 1.165) is 12.8 Å². The molecule has 0 saturated heterocycles. The first kappa shape index (κ1) is 15.9. The van der Waals surface area contributed by atoms with Crippen molar-refractivity contribution in [2.45, 2.75) is 31.1 Å². The maximum atomic E-state index is 12.3. The van der Waals surface area contributed by atoms with Crippen LogP contribution in [0, 0.1) is 0 Å². The third kappa shape index (κ3) is 4.50. The molecule has 0 aliphatic heterocycles. The molecule has 1 saturated carbocycles. The van der Waals surface area contributed by atoms with Crippen LogP contribution >= 0.6 is 0 Å². The predicted octanol–water partition coefficient (Wildman–Crippen LogP) is 1.59. The van der Waals surface area contributed by atoms with Crippen molar-refractivity contribution in [2.75, 3.05) is 25.5 Å². The van der Waals surface area contributed by atoms with Crippen LogP contribution in [-0.2, 0) is 10.0 Å². The van der Waals surface area contributed by atoms with Crippen LogP contribution in [-0.4, -0.2) is 40.5 Å². The van der Waals surface area contributed by atoms with Crippen molar-refractivity contribution in [3.63, 3.8) is 0 Å². The van der Waals surface area contributed by atoms with Gasteiger partial charge in [-0.25, -0.2) is 8.42 Å². The molecule has 1 aliphatic rings. The Labute approximate surface area is 125 Å². The summed E-state index contributed by atoms with van der Waals surface area (Å²) in [6, 6.07) is 5.43. The third-order valence-electron chi connectivity index (χ3n) is 3.41. The van der Waals surface area contributed by atoms with Crippen molar-refractivity contribution in [1.82, 2.24) is 5.32 Å². The summed E-state index contributed by atoms with van der Waals surface area (Å²) < 4.78 is 37.4. The zero-order valence-electron chi connectivity index (χ0n) is 12.5. The molecule has 1 aromatic rings. The lowest BCUT2D eigenvalue weighted by atomic mass is 10.3. The molecule has 0 amide bonds. The minimum atomic E-state index is -3.45. The van der Waals surface area contributed by atoms with E-state index >= 15 is 0 Å². The van der Waals surface area contributed by atoms with Crippen LogP contribution in [0.15, 0.2) is 18.2 Å². The molecule has 1 aromatic carbocycles. The van der Waals surface area contributed by atoms with Gasteiger partial charge in [0.1, 0.15) is 11.5 Å². The fourth-order valence-electron chi connectivity index (χ4n) is 1.86. The summed E-state index contributed by atoms with van der Waals surface area (Å²) in [6.45, 7) is 2.14. The lowest BCUT2D eigenvalue weighted by Crippen LogP contribution is -2.35. The Morgan fingerprint density at radius 1 is 1.19 bits per heavy atom. The molecule has 1 unspecified atom stereocenters. The first-order chi connectivity index (χ1) is 9.94. The second-order valence-electron chi connectivity index (χ2n) is 5.24. The summed E-state index contributed by atoms with van der Waals surface area (Å²) in [6.07, 6.45) is 2.26. The zero-order valence-corrected chi connectivity index (χ0v) is 13.4. The van der Waals surface area contributed by atoms with Gasteiger partial charge in [-0.3, -0.25) is 4.72 Å². The fourth-order valence-corrected chi connectivity index (χ4v) is 2.82. The second kappa shape index (κ2) is 6.53. The Morgan fingerprint density at radius 2 is 1.76 bits per heavy atom. The van der Waals surface area contributed by atoms with Crippen LogP contribution in [0.3, 0.4) is 0 Å². The SMILES string of the molecule is COc1cc(NS(=O)(=O)C(C)CNC2CC2)cc(OC)c1. The van der Waals surface area contributed by atoms with Crippen molar-refractivity contribution < 1.29 is 17.9 Å². The standard InChI is InChI=1S/C14H22N2O4S/c1-10(9-15-11-4-5-11)21(17,18)16-12-6-13(19-2)8-14(7-12)20-3/h6-8,10-11,15-16H,4-5,9H2,1-3H3. The lowest BCUT2D eigenvalue weighted by molar-refractivity contribution is 0.395. The van der Waals surface area contributed by atoms with Crippen molar-refractivity contribution >= 4 is 15.7 Å². The lowest BCUT2D eigenvalue weighted by Gasteiger charge is -2.16.